The highest BCUT2D eigenvalue weighted by Gasteiger charge is 1.99. The lowest BCUT2D eigenvalue weighted by molar-refractivity contribution is 0.411. The summed E-state index contributed by atoms with van der Waals surface area (Å²) in [4.78, 5) is 0. The number of rotatable bonds is 3. The third kappa shape index (κ3) is 2.67. The zero-order valence-electron chi connectivity index (χ0n) is 7.33. The highest BCUT2D eigenvalue weighted by atomic mass is 35.5. The van der Waals surface area contributed by atoms with Crippen molar-refractivity contribution in [3.63, 3.8) is 0 Å². The molecule has 0 atom stereocenters. The van der Waals surface area contributed by atoms with E-state index in [9.17, 15) is 5.11 Å². The molecule has 0 spiro atoms. The minimum absolute atomic E-state index is 0.218. The Balaban J connectivity index is 3.01. The second-order valence-corrected chi connectivity index (χ2v) is 2.79. The van der Waals surface area contributed by atoms with E-state index in [1.165, 1.54) is 0 Å². The summed E-state index contributed by atoms with van der Waals surface area (Å²) in [5, 5.41) is 9.21. The topological polar surface area (TPSA) is 29.5 Å². The molecule has 0 aliphatic carbocycles. The van der Waals surface area contributed by atoms with Crippen LogP contribution in [0, 0.1) is 0 Å². The van der Waals surface area contributed by atoms with Gasteiger partial charge in [-0.1, -0.05) is 12.2 Å². The van der Waals surface area contributed by atoms with Crippen LogP contribution in [-0.4, -0.2) is 18.1 Å². The lowest BCUT2D eigenvalue weighted by atomic mass is 10.2. The first-order valence-electron chi connectivity index (χ1n) is 3.87. The van der Waals surface area contributed by atoms with Crippen molar-refractivity contribution < 1.29 is 9.84 Å². The van der Waals surface area contributed by atoms with Crippen LogP contribution < -0.4 is 4.74 Å². The molecular weight excluding hydrogens is 188 g/mol. The van der Waals surface area contributed by atoms with Crippen LogP contribution in [0.5, 0.6) is 11.5 Å². The number of halogens is 1. The zero-order valence-corrected chi connectivity index (χ0v) is 8.08. The van der Waals surface area contributed by atoms with E-state index in [0.717, 1.165) is 11.3 Å². The maximum atomic E-state index is 9.21. The molecular formula is C10H11ClO2. The average Bonchev–Trinajstić information content (AvgIpc) is 2.15. The van der Waals surface area contributed by atoms with Crippen LogP contribution in [0.15, 0.2) is 24.3 Å². The summed E-state index contributed by atoms with van der Waals surface area (Å²) in [6, 6.07) is 4.92. The SMILES string of the molecule is COc1ccc(O)cc1C=CCCl. The molecule has 0 radical (unpaired) electrons. The number of aromatic hydroxyl groups is 1. The minimum Gasteiger partial charge on any atom is -0.508 e. The normalized spacial score (nSPS) is 10.6. The molecule has 0 heterocycles. The van der Waals surface area contributed by atoms with Crippen molar-refractivity contribution in [3.8, 4) is 11.5 Å². The number of ether oxygens (including phenoxy) is 1. The first-order valence-corrected chi connectivity index (χ1v) is 4.41. The van der Waals surface area contributed by atoms with Gasteiger partial charge in [-0.25, -0.2) is 0 Å². The molecule has 13 heavy (non-hydrogen) atoms. The Kier molecular flexibility index (Phi) is 3.65. The standard InChI is InChI=1S/C10H11ClO2/c1-13-10-5-4-9(12)7-8(10)3-2-6-11/h2-5,7,12H,6H2,1H3. The molecule has 0 amide bonds. The third-order valence-electron chi connectivity index (χ3n) is 1.60. The molecule has 0 bridgehead atoms. The van der Waals surface area contributed by atoms with Gasteiger partial charge in [-0.15, -0.1) is 11.6 Å². The maximum Gasteiger partial charge on any atom is 0.126 e. The van der Waals surface area contributed by atoms with Gasteiger partial charge in [0.05, 0.1) is 7.11 Å². The second-order valence-electron chi connectivity index (χ2n) is 2.48. The summed E-state index contributed by atoms with van der Waals surface area (Å²) in [6.07, 6.45) is 3.60. The van der Waals surface area contributed by atoms with E-state index in [-0.39, 0.29) is 5.75 Å². The molecule has 70 valence electrons. The summed E-state index contributed by atoms with van der Waals surface area (Å²) < 4.78 is 5.09. The Morgan fingerprint density at radius 1 is 1.54 bits per heavy atom. The van der Waals surface area contributed by atoms with Crippen molar-refractivity contribution in [2.75, 3.05) is 13.0 Å². The molecule has 0 fully saturated rings. The van der Waals surface area contributed by atoms with Gasteiger partial charge >= 0.3 is 0 Å². The monoisotopic (exact) mass is 198 g/mol. The van der Waals surface area contributed by atoms with Gasteiger partial charge in [0.2, 0.25) is 0 Å². The van der Waals surface area contributed by atoms with Gasteiger partial charge in [0.1, 0.15) is 11.5 Å². The van der Waals surface area contributed by atoms with Crippen molar-refractivity contribution in [3.05, 3.63) is 29.8 Å². The fourth-order valence-corrected chi connectivity index (χ4v) is 1.11. The summed E-state index contributed by atoms with van der Waals surface area (Å²) in [5.74, 6) is 1.38. The first kappa shape index (κ1) is 9.93. The molecule has 0 saturated carbocycles. The highest BCUT2D eigenvalue weighted by Crippen LogP contribution is 2.24. The zero-order chi connectivity index (χ0) is 9.68. The predicted molar refractivity (Wildman–Crippen MR) is 54.4 cm³/mol. The summed E-state index contributed by atoms with van der Waals surface area (Å²) >= 11 is 5.50. The van der Waals surface area contributed by atoms with Crippen LogP contribution in [-0.2, 0) is 0 Å². The quantitative estimate of drug-likeness (QED) is 0.757. The second kappa shape index (κ2) is 4.77. The van der Waals surface area contributed by atoms with E-state index in [2.05, 4.69) is 0 Å². The van der Waals surface area contributed by atoms with Crippen LogP contribution in [0.3, 0.4) is 0 Å². The van der Waals surface area contributed by atoms with Crippen LogP contribution in [0.4, 0.5) is 0 Å². The van der Waals surface area contributed by atoms with E-state index in [1.807, 2.05) is 6.08 Å². The highest BCUT2D eigenvalue weighted by molar-refractivity contribution is 6.19. The molecule has 3 heteroatoms. The van der Waals surface area contributed by atoms with Crippen molar-refractivity contribution in [2.24, 2.45) is 0 Å². The van der Waals surface area contributed by atoms with Gasteiger partial charge in [0.25, 0.3) is 0 Å². The largest absolute Gasteiger partial charge is 0.508 e. The third-order valence-corrected chi connectivity index (χ3v) is 1.78. The molecule has 1 rings (SSSR count). The molecule has 0 saturated heterocycles. The molecule has 0 aromatic heterocycles. The van der Waals surface area contributed by atoms with Gasteiger partial charge in [-0.3, -0.25) is 0 Å². The Labute approximate surface area is 82.4 Å². The van der Waals surface area contributed by atoms with Gasteiger partial charge in [-0.05, 0) is 18.2 Å². The number of phenols is 1. The van der Waals surface area contributed by atoms with Gasteiger partial charge in [-0.2, -0.15) is 0 Å². The Hall–Kier alpha value is -1.15. The predicted octanol–water partition coefficient (Wildman–Crippen LogP) is 2.65. The van der Waals surface area contributed by atoms with Gasteiger partial charge < -0.3 is 9.84 Å². The number of phenolic OH excluding ortho intramolecular Hbond substituents is 1. The fraction of sp³-hybridized carbons (Fsp3) is 0.200. The first-order chi connectivity index (χ1) is 6.27. The minimum atomic E-state index is 0.218. The van der Waals surface area contributed by atoms with E-state index in [4.69, 9.17) is 16.3 Å². The number of hydrogen-bond acceptors (Lipinski definition) is 2. The molecule has 1 N–H and O–H groups in total. The fourth-order valence-electron chi connectivity index (χ4n) is 1.02. The number of alkyl halides is 1. The number of allylic oxidation sites excluding steroid dienone is 1. The van der Waals surface area contributed by atoms with Crippen LogP contribution >= 0.6 is 11.6 Å². The van der Waals surface area contributed by atoms with Crippen molar-refractivity contribution in [1.29, 1.82) is 0 Å². The van der Waals surface area contributed by atoms with E-state index >= 15 is 0 Å². The molecule has 1 aromatic rings. The molecule has 1 aromatic carbocycles. The lowest BCUT2D eigenvalue weighted by Crippen LogP contribution is -1.86. The smallest absolute Gasteiger partial charge is 0.126 e. The van der Waals surface area contributed by atoms with Crippen LogP contribution in [0.25, 0.3) is 6.08 Å². The maximum absolute atomic E-state index is 9.21. The van der Waals surface area contributed by atoms with Crippen molar-refractivity contribution in [2.45, 2.75) is 0 Å². The molecule has 0 aliphatic rings. The molecule has 2 nitrogen and oxygen atoms in total. The van der Waals surface area contributed by atoms with Gasteiger partial charge in [0, 0.05) is 11.4 Å². The summed E-state index contributed by atoms with van der Waals surface area (Å²) in [6.45, 7) is 0. The van der Waals surface area contributed by atoms with Crippen LogP contribution in [0.1, 0.15) is 5.56 Å². The molecule has 0 aliphatic heterocycles. The van der Waals surface area contributed by atoms with E-state index in [1.54, 1.807) is 31.4 Å². The number of benzene rings is 1. The average molecular weight is 199 g/mol. The van der Waals surface area contributed by atoms with E-state index < -0.39 is 0 Å². The number of hydrogen-bond donors (Lipinski definition) is 1. The molecule has 0 unspecified atom stereocenters. The summed E-state index contributed by atoms with van der Waals surface area (Å²) in [5.41, 5.74) is 0.822. The van der Waals surface area contributed by atoms with Gasteiger partial charge in [0.15, 0.2) is 0 Å². The van der Waals surface area contributed by atoms with E-state index in [0.29, 0.717) is 5.88 Å². The lowest BCUT2D eigenvalue weighted by Gasteiger charge is -2.04. The Bertz CT molecular complexity index is 308. The van der Waals surface area contributed by atoms with Crippen LogP contribution in [0.2, 0.25) is 0 Å². The summed E-state index contributed by atoms with van der Waals surface area (Å²) in [7, 11) is 1.59. The Morgan fingerprint density at radius 2 is 2.31 bits per heavy atom. The Morgan fingerprint density at radius 3 is 2.92 bits per heavy atom. The van der Waals surface area contributed by atoms with Crippen molar-refractivity contribution in [1.82, 2.24) is 0 Å². The van der Waals surface area contributed by atoms with Crippen molar-refractivity contribution >= 4 is 17.7 Å². The number of methoxy groups -OCH3 is 1.